The van der Waals surface area contributed by atoms with Crippen molar-refractivity contribution in [1.82, 2.24) is 8.75 Å². The maximum atomic E-state index is 12.7. The largest absolute Gasteiger partial charge is 0.466 e. The molecule has 1 aromatic heterocycles. The van der Waals surface area contributed by atoms with Crippen LogP contribution < -0.4 is 9.80 Å². The molecule has 9 rings (SSSR count). The number of hydrogen-bond donors (Lipinski definition) is 0. The third kappa shape index (κ3) is 20.8. The molecule has 494 valence electrons. The third-order valence-electron chi connectivity index (χ3n) is 16.5. The first-order chi connectivity index (χ1) is 44.7. The fourth-order valence-electron chi connectivity index (χ4n) is 10.7. The van der Waals surface area contributed by atoms with Crippen LogP contribution in [0.3, 0.4) is 0 Å². The molecule has 0 spiro atoms. The Morgan fingerprint density at radius 2 is 0.564 bits per heavy atom. The van der Waals surface area contributed by atoms with Crippen LogP contribution in [0.25, 0.3) is 33.3 Å². The van der Waals surface area contributed by atoms with E-state index in [1.807, 2.05) is 0 Å². The summed E-state index contributed by atoms with van der Waals surface area (Å²) in [6.07, 6.45) is 3.57. The summed E-state index contributed by atoms with van der Waals surface area (Å²) in [4.78, 5) is 55.4. The van der Waals surface area contributed by atoms with Crippen molar-refractivity contribution in [2.24, 2.45) is 8.73 Å². The van der Waals surface area contributed by atoms with Crippen molar-refractivity contribution < 1.29 is 38.1 Å². The second kappa shape index (κ2) is 31.8. The van der Waals surface area contributed by atoms with Gasteiger partial charge in [-0.25, -0.2) is 0 Å². The number of aromatic nitrogens is 2. The summed E-state index contributed by atoms with van der Waals surface area (Å²) in [5, 5.41) is 0. The molecule has 20 heteroatoms. The molecule has 14 nitrogen and oxygen atoms in total. The van der Waals surface area contributed by atoms with Crippen LogP contribution in [0.4, 0.5) is 45.5 Å². The number of carbonyl (C=O) groups is 4. The summed E-state index contributed by atoms with van der Waals surface area (Å²) in [7, 11) is -5.27. The molecular formula is C74H92N6O8S2Si4. The molecular weight excluding hydrogens is 1280 g/mol. The quantitative estimate of drug-likeness (QED) is 0.0223. The van der Waals surface area contributed by atoms with Gasteiger partial charge in [0.2, 0.25) is 0 Å². The Morgan fingerprint density at radius 1 is 0.340 bits per heavy atom. The van der Waals surface area contributed by atoms with Crippen molar-refractivity contribution in [1.29, 1.82) is 0 Å². The molecule has 8 aromatic rings. The minimum absolute atomic E-state index is 0.173. The highest BCUT2D eigenvalue weighted by Gasteiger charge is 2.28. The predicted molar refractivity (Wildman–Crippen MR) is 399 cm³/mol. The molecule has 7 aromatic carbocycles. The number of ether oxygens (including phenoxy) is 4. The van der Waals surface area contributed by atoms with Crippen LogP contribution in [-0.2, 0) is 75.2 Å². The maximum absolute atomic E-state index is 12.7. The Kier molecular flexibility index (Phi) is 24.0. The molecule has 0 bridgehead atoms. The van der Waals surface area contributed by atoms with E-state index in [0.29, 0.717) is 77.8 Å². The van der Waals surface area contributed by atoms with Crippen molar-refractivity contribution in [3.05, 3.63) is 168 Å². The Morgan fingerprint density at radius 3 is 0.787 bits per heavy atom. The Balaban J connectivity index is 0.976. The summed E-state index contributed by atoms with van der Waals surface area (Å²) >= 11 is 2.33. The molecule has 0 atom stereocenters. The maximum Gasteiger partial charge on any atom is 0.306 e. The van der Waals surface area contributed by atoms with Crippen molar-refractivity contribution >= 4 is 136 Å². The molecule has 0 N–H and O–H groups in total. The summed E-state index contributed by atoms with van der Waals surface area (Å²) in [5.41, 5.74) is 16.3. The van der Waals surface area contributed by atoms with Crippen LogP contribution in [0.1, 0.15) is 47.9 Å². The van der Waals surface area contributed by atoms with E-state index < -0.39 is 32.3 Å². The SMILES string of the molecule is C[Si](C)(C)CCOC(=O)CCc1ccc(N(c2ccc(CCC(=O)OCC[Si](C)(C)C)cc2)c2ccc(-c3c4c(c(-c5ccc(N(c6ccc(CCC(=O)OCC[Si](C)(C)C)cc6)c6ccc(CCC(=O)OCC[Si](C)(C)C)cc6)cc5)c5nsnc35)N=S=N4)cc2)cc1. The van der Waals surface area contributed by atoms with Crippen LogP contribution in [0, 0.1) is 0 Å². The summed E-state index contributed by atoms with van der Waals surface area (Å²) in [5.74, 6) is -0.691. The number of hydrogen-bond acceptors (Lipinski definition) is 15. The summed E-state index contributed by atoms with van der Waals surface area (Å²) in [6.45, 7) is 29.2. The zero-order chi connectivity index (χ0) is 67.2. The molecule has 0 amide bonds. The number of rotatable bonds is 32. The topological polar surface area (TPSA) is 162 Å². The van der Waals surface area contributed by atoms with Crippen LogP contribution in [-0.4, -0.2) is 91.3 Å². The fraction of sp³-hybridized carbons (Fsp3) is 0.378. The van der Waals surface area contributed by atoms with E-state index in [1.54, 1.807) is 0 Å². The number of carbonyl (C=O) groups excluding carboxylic acids is 4. The number of nitrogens with zero attached hydrogens (tertiary/aromatic N) is 6. The van der Waals surface area contributed by atoms with Gasteiger partial charge in [-0.15, -0.1) is 0 Å². The van der Waals surface area contributed by atoms with Gasteiger partial charge in [0.15, 0.2) is 0 Å². The average Bonchev–Trinajstić information content (AvgIpc) is 1.51. The van der Waals surface area contributed by atoms with Gasteiger partial charge < -0.3 is 28.7 Å². The lowest BCUT2D eigenvalue weighted by Crippen LogP contribution is -2.22. The van der Waals surface area contributed by atoms with E-state index in [-0.39, 0.29) is 23.9 Å². The molecule has 0 saturated heterocycles. The van der Waals surface area contributed by atoms with Gasteiger partial charge in [0.05, 0.1) is 49.5 Å². The van der Waals surface area contributed by atoms with Crippen molar-refractivity contribution in [2.75, 3.05) is 36.2 Å². The molecule has 0 radical (unpaired) electrons. The van der Waals surface area contributed by atoms with E-state index in [9.17, 15) is 19.2 Å². The minimum Gasteiger partial charge on any atom is -0.466 e. The third-order valence-corrected chi connectivity index (χ3v) is 24.3. The smallest absolute Gasteiger partial charge is 0.306 e. The minimum atomic E-state index is -1.32. The first-order valence-electron chi connectivity index (χ1n) is 32.9. The molecule has 0 aliphatic carbocycles. The molecule has 1 aliphatic rings. The number of fused-ring (bicyclic) bond motifs is 2. The van der Waals surface area contributed by atoms with Crippen LogP contribution in [0.15, 0.2) is 154 Å². The Bertz CT molecular complexity index is 3560. The van der Waals surface area contributed by atoms with Gasteiger partial charge in [-0.1, -0.05) is 151 Å². The molecule has 94 heavy (non-hydrogen) atoms. The second-order valence-electron chi connectivity index (χ2n) is 29.2. The number of esters is 4. The van der Waals surface area contributed by atoms with Gasteiger partial charge in [-0.3, -0.25) is 19.2 Å². The van der Waals surface area contributed by atoms with Gasteiger partial charge >= 0.3 is 23.9 Å². The molecule has 2 heterocycles. The van der Waals surface area contributed by atoms with E-state index in [1.165, 1.54) is 0 Å². The average molecular weight is 1370 g/mol. The number of aryl methyl sites for hydroxylation is 4. The molecule has 0 unspecified atom stereocenters. The number of benzene rings is 7. The lowest BCUT2D eigenvalue weighted by atomic mass is 9.93. The van der Waals surface area contributed by atoms with Gasteiger partial charge in [-0.2, -0.15) is 17.5 Å². The molecule has 0 saturated carbocycles. The predicted octanol–water partition coefficient (Wildman–Crippen LogP) is 19.9. The normalized spacial score (nSPS) is 12.3. The summed E-state index contributed by atoms with van der Waals surface area (Å²) < 4.78 is 42.2. The standard InChI is InChI=1S/C74H92N6O8S2Si4/c1-91(2,3)49-45-85-65(81)41-21-53-13-29-59(30-14-53)79(60-31-15-54(16-32-60)22-42-66(82)86-46-50-92(4,5)6)63-37-25-57(26-38-63)69-71-73(77-89-75-71)70(74-72(69)76-90-78-74)58-27-39-64(40-28-58)80(61-33-17-55(18-34-61)23-43-67(83)87-47-51-93(7,8)9)62-35-19-56(20-36-62)24-44-68(84)88-48-52-94(10,11)12/h13-20,25-40H,21-24,41-52H2,1-12H3. The highest BCUT2D eigenvalue weighted by atomic mass is 32.1. The lowest BCUT2D eigenvalue weighted by Gasteiger charge is -2.26. The highest BCUT2D eigenvalue weighted by molar-refractivity contribution is 7.58. The first kappa shape index (κ1) is 70.8. The fourth-order valence-corrected chi connectivity index (χ4v) is 14.6. The van der Waals surface area contributed by atoms with E-state index in [4.69, 9.17) is 36.4 Å². The Hall–Kier alpha value is -7.47. The van der Waals surface area contributed by atoms with E-state index in [2.05, 4.69) is 234 Å². The zero-order valence-corrected chi connectivity index (χ0v) is 62.6. The van der Waals surface area contributed by atoms with Crippen LogP contribution in [0.5, 0.6) is 0 Å². The number of anilines is 6. The summed E-state index contributed by atoms with van der Waals surface area (Å²) in [6, 6.07) is 54.0. The Labute approximate surface area is 568 Å². The van der Waals surface area contributed by atoms with Gasteiger partial charge in [0.1, 0.15) is 22.4 Å². The van der Waals surface area contributed by atoms with E-state index in [0.717, 1.165) is 148 Å². The lowest BCUT2D eigenvalue weighted by molar-refractivity contribution is -0.144. The van der Waals surface area contributed by atoms with Crippen molar-refractivity contribution in [3.63, 3.8) is 0 Å². The van der Waals surface area contributed by atoms with Gasteiger partial charge in [0, 0.05) is 103 Å². The molecule has 1 aliphatic heterocycles. The monoisotopic (exact) mass is 1370 g/mol. The van der Waals surface area contributed by atoms with Crippen molar-refractivity contribution in [2.45, 2.75) is 154 Å². The van der Waals surface area contributed by atoms with Crippen LogP contribution in [0.2, 0.25) is 103 Å². The zero-order valence-electron chi connectivity index (χ0n) is 56.9. The van der Waals surface area contributed by atoms with Crippen LogP contribution >= 0.6 is 11.7 Å². The second-order valence-corrected chi connectivity index (χ2v) is 52.8. The van der Waals surface area contributed by atoms with Gasteiger partial charge in [0.25, 0.3) is 0 Å². The molecule has 0 fully saturated rings. The highest BCUT2D eigenvalue weighted by Crippen LogP contribution is 2.52. The van der Waals surface area contributed by atoms with Crippen molar-refractivity contribution in [3.8, 4) is 22.3 Å². The first-order valence-corrected chi connectivity index (χ1v) is 49.2. The van der Waals surface area contributed by atoms with E-state index >= 15 is 0 Å². The van der Waals surface area contributed by atoms with Gasteiger partial charge in [-0.05, 0) is 156 Å².